The van der Waals surface area contributed by atoms with E-state index >= 15 is 0 Å². The molecule has 0 bridgehead atoms. The molecule has 23 heavy (non-hydrogen) atoms. The quantitative estimate of drug-likeness (QED) is 0.880. The van der Waals surface area contributed by atoms with Crippen LogP contribution >= 0.6 is 0 Å². The molecule has 1 fully saturated rings. The second kappa shape index (κ2) is 7.15. The summed E-state index contributed by atoms with van der Waals surface area (Å²) in [5, 5.41) is 7.39. The highest BCUT2D eigenvalue weighted by molar-refractivity contribution is 5.88. The standard InChI is InChI=1S/C18H25N3O2/c1-13-9-16-15(12-23-17(16)10-14(13)2)11-18(22)20-5-8-21-6-3-19-4-7-21/h9-10,12,19H,3-8,11H2,1-2H3,(H,20,22). The fourth-order valence-corrected chi connectivity index (χ4v) is 3.00. The van der Waals surface area contributed by atoms with Crippen molar-refractivity contribution in [1.82, 2.24) is 15.5 Å². The summed E-state index contributed by atoms with van der Waals surface area (Å²) in [6.45, 7) is 9.95. The molecule has 1 aromatic heterocycles. The minimum absolute atomic E-state index is 0.0565. The highest BCUT2D eigenvalue weighted by Gasteiger charge is 2.13. The molecular formula is C18H25N3O2. The van der Waals surface area contributed by atoms with E-state index in [1.807, 2.05) is 6.07 Å². The first-order valence-corrected chi connectivity index (χ1v) is 8.30. The minimum atomic E-state index is 0.0565. The largest absolute Gasteiger partial charge is 0.464 e. The molecule has 1 aromatic carbocycles. The van der Waals surface area contributed by atoms with Crippen molar-refractivity contribution in [2.75, 3.05) is 39.3 Å². The van der Waals surface area contributed by atoms with Gasteiger partial charge in [-0.05, 0) is 37.1 Å². The Morgan fingerprint density at radius 2 is 2.00 bits per heavy atom. The fraction of sp³-hybridized carbons (Fsp3) is 0.500. The average molecular weight is 315 g/mol. The van der Waals surface area contributed by atoms with Crippen molar-refractivity contribution in [3.05, 3.63) is 35.1 Å². The first-order chi connectivity index (χ1) is 11.1. The molecule has 1 saturated heterocycles. The summed E-state index contributed by atoms with van der Waals surface area (Å²) in [5.41, 5.74) is 4.25. The van der Waals surface area contributed by atoms with E-state index in [0.29, 0.717) is 13.0 Å². The van der Waals surface area contributed by atoms with Crippen LogP contribution in [0.15, 0.2) is 22.8 Å². The van der Waals surface area contributed by atoms with Gasteiger partial charge in [-0.2, -0.15) is 0 Å². The molecule has 2 heterocycles. The third-order valence-electron chi connectivity index (χ3n) is 4.58. The van der Waals surface area contributed by atoms with E-state index in [2.05, 4.69) is 35.4 Å². The van der Waals surface area contributed by atoms with Gasteiger partial charge in [-0.15, -0.1) is 0 Å². The zero-order valence-electron chi connectivity index (χ0n) is 13.9. The number of nitrogens with one attached hydrogen (secondary N) is 2. The van der Waals surface area contributed by atoms with Gasteiger partial charge in [-0.3, -0.25) is 9.69 Å². The Hall–Kier alpha value is -1.85. The molecule has 5 heteroatoms. The van der Waals surface area contributed by atoms with E-state index < -0.39 is 0 Å². The van der Waals surface area contributed by atoms with Gasteiger partial charge in [0.25, 0.3) is 0 Å². The normalized spacial score (nSPS) is 15.9. The molecule has 1 aliphatic heterocycles. The van der Waals surface area contributed by atoms with Crippen LogP contribution in [0.2, 0.25) is 0 Å². The molecule has 2 N–H and O–H groups in total. The Balaban J connectivity index is 1.54. The summed E-state index contributed by atoms with van der Waals surface area (Å²) < 4.78 is 5.59. The fourth-order valence-electron chi connectivity index (χ4n) is 3.00. The van der Waals surface area contributed by atoms with Gasteiger partial charge in [-0.1, -0.05) is 0 Å². The number of hydrogen-bond acceptors (Lipinski definition) is 4. The summed E-state index contributed by atoms with van der Waals surface area (Å²) in [5.74, 6) is 0.0565. The van der Waals surface area contributed by atoms with Crippen molar-refractivity contribution in [2.24, 2.45) is 0 Å². The number of benzene rings is 1. The van der Waals surface area contributed by atoms with E-state index in [0.717, 1.165) is 49.3 Å². The van der Waals surface area contributed by atoms with E-state index in [4.69, 9.17) is 4.42 Å². The van der Waals surface area contributed by atoms with Crippen LogP contribution in [0.5, 0.6) is 0 Å². The highest BCUT2D eigenvalue weighted by atomic mass is 16.3. The number of furan rings is 1. The van der Waals surface area contributed by atoms with E-state index in [1.165, 1.54) is 11.1 Å². The van der Waals surface area contributed by atoms with Crippen molar-refractivity contribution in [2.45, 2.75) is 20.3 Å². The number of carbonyl (C=O) groups is 1. The van der Waals surface area contributed by atoms with Crippen LogP contribution in [0, 0.1) is 13.8 Å². The van der Waals surface area contributed by atoms with Crippen LogP contribution < -0.4 is 10.6 Å². The summed E-state index contributed by atoms with van der Waals surface area (Å²) in [6.07, 6.45) is 2.08. The Kier molecular flexibility index (Phi) is 4.98. The molecule has 2 aromatic rings. The van der Waals surface area contributed by atoms with Gasteiger partial charge in [0.15, 0.2) is 0 Å². The lowest BCUT2D eigenvalue weighted by Crippen LogP contribution is -2.46. The third-order valence-corrected chi connectivity index (χ3v) is 4.58. The van der Waals surface area contributed by atoms with Gasteiger partial charge in [0.2, 0.25) is 5.91 Å². The topological polar surface area (TPSA) is 57.5 Å². The van der Waals surface area contributed by atoms with E-state index in [1.54, 1.807) is 6.26 Å². The van der Waals surface area contributed by atoms with Crippen LogP contribution in [-0.4, -0.2) is 50.1 Å². The van der Waals surface area contributed by atoms with Crippen molar-refractivity contribution < 1.29 is 9.21 Å². The van der Waals surface area contributed by atoms with Gasteiger partial charge in [0.1, 0.15) is 5.58 Å². The second-order valence-electron chi connectivity index (χ2n) is 6.31. The third kappa shape index (κ3) is 3.92. The van der Waals surface area contributed by atoms with Gasteiger partial charge in [0.05, 0.1) is 12.7 Å². The lowest BCUT2D eigenvalue weighted by molar-refractivity contribution is -0.120. The zero-order valence-corrected chi connectivity index (χ0v) is 13.9. The number of rotatable bonds is 5. The number of carbonyl (C=O) groups excluding carboxylic acids is 1. The summed E-state index contributed by atoms with van der Waals surface area (Å²) in [6, 6.07) is 4.15. The molecule has 0 aliphatic carbocycles. The molecule has 0 saturated carbocycles. The molecule has 0 spiro atoms. The van der Waals surface area contributed by atoms with Gasteiger partial charge >= 0.3 is 0 Å². The highest BCUT2D eigenvalue weighted by Crippen LogP contribution is 2.25. The minimum Gasteiger partial charge on any atom is -0.464 e. The molecule has 5 nitrogen and oxygen atoms in total. The number of fused-ring (bicyclic) bond motifs is 1. The summed E-state index contributed by atoms with van der Waals surface area (Å²) in [4.78, 5) is 14.5. The Labute approximate surface area is 137 Å². The predicted octanol–water partition coefficient (Wildman–Crippen LogP) is 1.61. The average Bonchev–Trinajstić information content (AvgIpc) is 2.91. The van der Waals surface area contributed by atoms with Gasteiger partial charge in [-0.25, -0.2) is 0 Å². The maximum atomic E-state index is 12.2. The predicted molar refractivity (Wildman–Crippen MR) is 91.7 cm³/mol. The van der Waals surface area contributed by atoms with Crippen LogP contribution in [0.4, 0.5) is 0 Å². The summed E-state index contributed by atoms with van der Waals surface area (Å²) in [7, 11) is 0. The van der Waals surface area contributed by atoms with Crippen LogP contribution in [0.1, 0.15) is 16.7 Å². The first-order valence-electron chi connectivity index (χ1n) is 8.30. The molecule has 3 rings (SSSR count). The maximum absolute atomic E-state index is 12.2. The van der Waals surface area contributed by atoms with Crippen molar-refractivity contribution in [3.8, 4) is 0 Å². The molecule has 124 valence electrons. The number of amides is 1. The van der Waals surface area contributed by atoms with Crippen LogP contribution in [0.25, 0.3) is 11.0 Å². The van der Waals surface area contributed by atoms with Crippen LogP contribution in [-0.2, 0) is 11.2 Å². The van der Waals surface area contributed by atoms with Crippen LogP contribution in [0.3, 0.4) is 0 Å². The number of hydrogen-bond donors (Lipinski definition) is 2. The number of aryl methyl sites for hydroxylation is 2. The van der Waals surface area contributed by atoms with Gasteiger partial charge < -0.3 is 15.1 Å². The molecule has 1 amide bonds. The lowest BCUT2D eigenvalue weighted by Gasteiger charge is -2.27. The number of nitrogens with zero attached hydrogens (tertiary/aromatic N) is 1. The second-order valence-corrected chi connectivity index (χ2v) is 6.31. The van der Waals surface area contributed by atoms with Crippen molar-refractivity contribution >= 4 is 16.9 Å². The molecular weight excluding hydrogens is 290 g/mol. The van der Waals surface area contributed by atoms with Crippen molar-refractivity contribution in [1.29, 1.82) is 0 Å². The molecule has 0 unspecified atom stereocenters. The smallest absolute Gasteiger partial charge is 0.224 e. The van der Waals surface area contributed by atoms with Gasteiger partial charge in [0, 0.05) is 50.2 Å². The Morgan fingerprint density at radius 3 is 2.78 bits per heavy atom. The zero-order chi connectivity index (χ0) is 16.2. The van der Waals surface area contributed by atoms with Crippen molar-refractivity contribution in [3.63, 3.8) is 0 Å². The SMILES string of the molecule is Cc1cc2occ(CC(=O)NCCN3CCNCC3)c2cc1C. The maximum Gasteiger partial charge on any atom is 0.224 e. The van der Waals surface area contributed by atoms with E-state index in [9.17, 15) is 4.79 Å². The molecule has 1 aliphatic rings. The molecule has 0 radical (unpaired) electrons. The Bertz CT molecular complexity index is 687. The number of piperazine rings is 1. The summed E-state index contributed by atoms with van der Waals surface area (Å²) >= 11 is 0. The lowest BCUT2D eigenvalue weighted by atomic mass is 10.0. The Morgan fingerprint density at radius 1 is 1.26 bits per heavy atom. The molecule has 0 atom stereocenters. The van der Waals surface area contributed by atoms with E-state index in [-0.39, 0.29) is 5.91 Å². The first kappa shape index (κ1) is 16.0. The monoisotopic (exact) mass is 315 g/mol.